The fraction of sp³-hybridized carbons (Fsp3) is 0.480. The van der Waals surface area contributed by atoms with Crippen LogP contribution in [0, 0.1) is 12.8 Å². The maximum atomic E-state index is 13.0. The summed E-state index contributed by atoms with van der Waals surface area (Å²) in [7, 11) is 3.77. The number of ether oxygens (including phenoxy) is 1. The number of hydrogen-bond acceptors (Lipinski definition) is 8. The zero-order valence-electron chi connectivity index (χ0n) is 19.9. The van der Waals surface area contributed by atoms with Crippen LogP contribution in [0.4, 0.5) is 11.5 Å². The molecule has 3 atom stereocenters. The lowest BCUT2D eigenvalue weighted by atomic mass is 9.91. The Hall–Kier alpha value is -2.75. The number of hydrogen-bond donors (Lipinski definition) is 3. The molecule has 1 aliphatic heterocycles. The Labute approximate surface area is 203 Å². The number of methoxy groups -OCH3 is 1. The van der Waals surface area contributed by atoms with Crippen LogP contribution in [0.3, 0.4) is 0 Å². The van der Waals surface area contributed by atoms with Gasteiger partial charge in [0.25, 0.3) is 5.91 Å². The molecule has 2 aliphatic rings. The summed E-state index contributed by atoms with van der Waals surface area (Å²) in [4.78, 5) is 26.2. The van der Waals surface area contributed by atoms with Crippen LogP contribution >= 0.6 is 11.3 Å². The van der Waals surface area contributed by atoms with E-state index in [-0.39, 0.29) is 11.9 Å². The molecule has 4 heterocycles. The van der Waals surface area contributed by atoms with Crippen LogP contribution < -0.4 is 21.3 Å². The number of amides is 1. The maximum Gasteiger partial charge on any atom is 0.263 e. The summed E-state index contributed by atoms with van der Waals surface area (Å²) in [6, 6.07) is 8.62. The number of aryl methyl sites for hydroxylation is 2. The normalized spacial score (nSPS) is 22.2. The van der Waals surface area contributed by atoms with Crippen molar-refractivity contribution in [2.45, 2.75) is 38.3 Å². The smallest absolute Gasteiger partial charge is 0.263 e. The van der Waals surface area contributed by atoms with Crippen molar-refractivity contribution < 1.29 is 9.53 Å². The van der Waals surface area contributed by atoms with Crippen LogP contribution in [0.15, 0.2) is 24.3 Å². The van der Waals surface area contributed by atoms with E-state index in [9.17, 15) is 4.79 Å². The van der Waals surface area contributed by atoms with Crippen LogP contribution in [-0.4, -0.2) is 61.8 Å². The SMILES string of the molecule is CN[C@H]1CN(c2ccc3c(n2)CC[C@H](NC(=O)c2sc4nc(C)ccc4c2N)C3)C[C@H]1COC. The number of nitrogens with two attached hydrogens (primary N) is 1. The molecule has 8 nitrogen and oxygen atoms in total. The molecule has 0 saturated carbocycles. The van der Waals surface area contributed by atoms with Gasteiger partial charge in [0.2, 0.25) is 0 Å². The van der Waals surface area contributed by atoms with Gasteiger partial charge < -0.3 is 26.0 Å². The molecule has 0 unspecified atom stereocenters. The Kier molecular flexibility index (Phi) is 6.42. The molecule has 3 aromatic rings. The van der Waals surface area contributed by atoms with Gasteiger partial charge in [-0.1, -0.05) is 6.07 Å². The standard InChI is InChI=1S/C25H32N6O2S/c1-14-4-7-18-22(26)23(34-25(18)28-14)24(32)29-17-6-8-19-15(10-17)5-9-21(30-19)31-11-16(13-33-3)20(12-31)27-2/h4-5,7,9,16-17,20,27H,6,8,10-13,26H2,1-3H3,(H,29,32)/t16-,17-,20-/m0/s1. The minimum atomic E-state index is -0.115. The third-order valence-corrected chi connectivity index (χ3v) is 8.15. The summed E-state index contributed by atoms with van der Waals surface area (Å²) in [5, 5.41) is 7.46. The molecule has 9 heteroatoms. The molecule has 1 amide bonds. The van der Waals surface area contributed by atoms with Gasteiger partial charge in [0, 0.05) is 55.0 Å². The first-order valence-electron chi connectivity index (χ1n) is 11.8. The molecule has 180 valence electrons. The first-order chi connectivity index (χ1) is 16.5. The lowest BCUT2D eigenvalue weighted by molar-refractivity contribution is 0.0938. The van der Waals surface area contributed by atoms with Gasteiger partial charge in [-0.05, 0) is 57.0 Å². The molecule has 4 N–H and O–H groups in total. The average Bonchev–Trinajstić information content (AvgIpc) is 3.39. The van der Waals surface area contributed by atoms with Gasteiger partial charge >= 0.3 is 0 Å². The molecule has 5 rings (SSSR count). The number of likely N-dealkylation sites (N-methyl/N-ethyl adjacent to an activating group) is 1. The number of pyridine rings is 2. The molecule has 1 aliphatic carbocycles. The predicted molar refractivity (Wildman–Crippen MR) is 137 cm³/mol. The van der Waals surface area contributed by atoms with E-state index in [0.717, 1.165) is 66.4 Å². The molecule has 0 spiro atoms. The number of fused-ring (bicyclic) bond motifs is 2. The summed E-state index contributed by atoms with van der Waals surface area (Å²) in [6.07, 6.45) is 2.49. The van der Waals surface area contributed by atoms with Crippen LogP contribution in [0.2, 0.25) is 0 Å². The Morgan fingerprint density at radius 3 is 2.91 bits per heavy atom. The first-order valence-corrected chi connectivity index (χ1v) is 12.6. The van der Waals surface area contributed by atoms with E-state index < -0.39 is 0 Å². The lowest BCUT2D eigenvalue weighted by Gasteiger charge is -2.26. The van der Waals surface area contributed by atoms with Gasteiger partial charge in [0.05, 0.1) is 12.3 Å². The Morgan fingerprint density at radius 1 is 1.26 bits per heavy atom. The second-order valence-corrected chi connectivity index (χ2v) is 10.4. The number of rotatable bonds is 6. The van der Waals surface area contributed by atoms with Crippen molar-refractivity contribution in [3.63, 3.8) is 0 Å². The van der Waals surface area contributed by atoms with E-state index in [1.54, 1.807) is 7.11 Å². The van der Waals surface area contributed by atoms with E-state index in [1.807, 2.05) is 26.1 Å². The number of carbonyl (C=O) groups is 1. The van der Waals surface area contributed by atoms with Crippen LogP contribution in [0.25, 0.3) is 10.2 Å². The topological polar surface area (TPSA) is 105 Å². The highest BCUT2D eigenvalue weighted by molar-refractivity contribution is 7.21. The fourth-order valence-electron chi connectivity index (χ4n) is 5.18. The predicted octanol–water partition coefficient (Wildman–Crippen LogP) is 2.54. The van der Waals surface area contributed by atoms with Crippen molar-refractivity contribution >= 4 is 39.0 Å². The molecule has 1 fully saturated rings. The second-order valence-electron chi connectivity index (χ2n) is 9.35. The zero-order chi connectivity index (χ0) is 23.8. The highest BCUT2D eigenvalue weighted by Gasteiger charge is 2.33. The highest BCUT2D eigenvalue weighted by atomic mass is 32.1. The van der Waals surface area contributed by atoms with Crippen molar-refractivity contribution in [2.24, 2.45) is 5.92 Å². The minimum Gasteiger partial charge on any atom is -0.397 e. The van der Waals surface area contributed by atoms with Gasteiger partial charge in [-0.2, -0.15) is 0 Å². The number of carbonyl (C=O) groups excluding carboxylic acids is 1. The highest BCUT2D eigenvalue weighted by Crippen LogP contribution is 2.33. The summed E-state index contributed by atoms with van der Waals surface area (Å²) >= 11 is 1.36. The number of anilines is 2. The van der Waals surface area contributed by atoms with Crippen molar-refractivity contribution in [3.8, 4) is 0 Å². The Morgan fingerprint density at radius 2 is 2.12 bits per heavy atom. The number of nitrogens with one attached hydrogen (secondary N) is 2. The molecule has 0 bridgehead atoms. The molecule has 0 radical (unpaired) electrons. The zero-order valence-corrected chi connectivity index (χ0v) is 20.7. The molecule has 1 saturated heterocycles. The summed E-state index contributed by atoms with van der Waals surface area (Å²) < 4.78 is 5.41. The van der Waals surface area contributed by atoms with Gasteiger partial charge in [-0.25, -0.2) is 9.97 Å². The Bertz CT molecular complexity index is 1210. The summed E-state index contributed by atoms with van der Waals surface area (Å²) in [5.74, 6) is 1.37. The second kappa shape index (κ2) is 9.48. The van der Waals surface area contributed by atoms with Gasteiger partial charge in [-0.3, -0.25) is 4.79 Å². The number of nitrogens with zero attached hydrogens (tertiary/aromatic N) is 3. The largest absolute Gasteiger partial charge is 0.397 e. The van der Waals surface area contributed by atoms with Crippen molar-refractivity contribution in [1.82, 2.24) is 20.6 Å². The summed E-state index contributed by atoms with van der Waals surface area (Å²) in [5.41, 5.74) is 10.1. The Balaban J connectivity index is 1.26. The number of nitrogen functional groups attached to an aromatic ring is 1. The van der Waals surface area contributed by atoms with E-state index >= 15 is 0 Å². The average molecular weight is 481 g/mol. The fourth-order valence-corrected chi connectivity index (χ4v) is 6.22. The van der Waals surface area contributed by atoms with Crippen LogP contribution in [0.1, 0.15) is 33.0 Å². The third kappa shape index (κ3) is 4.35. The first kappa shape index (κ1) is 23.0. The van der Waals surface area contributed by atoms with Gasteiger partial charge in [0.1, 0.15) is 15.5 Å². The lowest BCUT2D eigenvalue weighted by Crippen LogP contribution is -2.39. The van der Waals surface area contributed by atoms with Crippen molar-refractivity contribution in [1.29, 1.82) is 0 Å². The molecular formula is C25H32N6O2S. The van der Waals surface area contributed by atoms with E-state index in [4.69, 9.17) is 15.5 Å². The quantitative estimate of drug-likeness (QED) is 0.498. The van der Waals surface area contributed by atoms with E-state index in [1.165, 1.54) is 16.9 Å². The molecular weight excluding hydrogens is 448 g/mol. The minimum absolute atomic E-state index is 0.0681. The number of aromatic nitrogens is 2. The van der Waals surface area contributed by atoms with E-state index in [0.29, 0.717) is 22.5 Å². The third-order valence-electron chi connectivity index (χ3n) is 7.04. The van der Waals surface area contributed by atoms with Gasteiger partial charge in [-0.15, -0.1) is 11.3 Å². The molecule has 3 aromatic heterocycles. The van der Waals surface area contributed by atoms with Gasteiger partial charge in [0.15, 0.2) is 0 Å². The monoisotopic (exact) mass is 480 g/mol. The molecule has 0 aromatic carbocycles. The van der Waals surface area contributed by atoms with Crippen LogP contribution in [0.5, 0.6) is 0 Å². The van der Waals surface area contributed by atoms with E-state index in [2.05, 4.69) is 32.7 Å². The van der Waals surface area contributed by atoms with Crippen molar-refractivity contribution in [3.05, 3.63) is 46.1 Å². The number of thiophene rings is 1. The van der Waals surface area contributed by atoms with Crippen LogP contribution in [-0.2, 0) is 17.6 Å². The van der Waals surface area contributed by atoms with Crippen molar-refractivity contribution in [2.75, 3.05) is 44.5 Å². The maximum absolute atomic E-state index is 13.0. The molecule has 34 heavy (non-hydrogen) atoms. The summed E-state index contributed by atoms with van der Waals surface area (Å²) in [6.45, 7) is 4.55.